The summed E-state index contributed by atoms with van der Waals surface area (Å²) in [6, 6.07) is 7.74. The van der Waals surface area contributed by atoms with Gasteiger partial charge in [0, 0.05) is 35.8 Å². The number of fused-ring (bicyclic) bond motifs is 1. The summed E-state index contributed by atoms with van der Waals surface area (Å²) in [5.41, 5.74) is 1.83. The van der Waals surface area contributed by atoms with Crippen molar-refractivity contribution >= 4 is 41.6 Å². The lowest BCUT2D eigenvalue weighted by Crippen LogP contribution is -2.30. The number of nitrogens with zero attached hydrogens (tertiary/aromatic N) is 1. The molecule has 2 aromatic rings. The first kappa shape index (κ1) is 16.8. The molecule has 5 heteroatoms. The number of carbonyl (C=O) groups is 1. The predicted molar refractivity (Wildman–Crippen MR) is 80.0 cm³/mol. The lowest BCUT2D eigenvalue weighted by molar-refractivity contribution is 0.0773. The molecule has 0 bridgehead atoms. The van der Waals surface area contributed by atoms with Crippen LogP contribution < -0.4 is 0 Å². The van der Waals surface area contributed by atoms with Crippen LogP contribution in [0.2, 0.25) is 0 Å². The topological polar surface area (TPSA) is 36.1 Å². The normalized spacial score (nSPS) is 9.44. The van der Waals surface area contributed by atoms with E-state index in [9.17, 15) is 4.79 Å². The molecule has 18 heavy (non-hydrogen) atoms. The quantitative estimate of drug-likeness (QED) is 0.922. The van der Waals surface area contributed by atoms with Crippen molar-refractivity contribution in [2.24, 2.45) is 0 Å². The summed E-state index contributed by atoms with van der Waals surface area (Å²) in [7, 11) is 0. The highest BCUT2D eigenvalue weighted by Crippen LogP contribution is 2.15. The minimum absolute atomic E-state index is 0. The highest BCUT2D eigenvalue weighted by Gasteiger charge is 2.12. The highest BCUT2D eigenvalue weighted by atomic mass is 35.5. The number of carbonyl (C=O) groups excluding carboxylic acids is 1. The fraction of sp³-hybridized carbons (Fsp3) is 0.308. The van der Waals surface area contributed by atoms with E-state index in [1.165, 1.54) is 0 Å². The van der Waals surface area contributed by atoms with Crippen molar-refractivity contribution in [2.75, 3.05) is 13.1 Å². The summed E-state index contributed by atoms with van der Waals surface area (Å²) in [6.07, 6.45) is 1.89. The molecular weight excluding hydrogens is 271 g/mol. The summed E-state index contributed by atoms with van der Waals surface area (Å²) in [5.74, 6) is 0.105. The van der Waals surface area contributed by atoms with E-state index < -0.39 is 0 Å². The van der Waals surface area contributed by atoms with Gasteiger partial charge in [0.05, 0.1) is 0 Å². The van der Waals surface area contributed by atoms with E-state index in [1.54, 1.807) is 0 Å². The van der Waals surface area contributed by atoms with Crippen LogP contribution in [0.5, 0.6) is 0 Å². The first-order chi connectivity index (χ1) is 7.76. The molecule has 0 unspecified atom stereocenters. The Morgan fingerprint density at radius 2 is 1.83 bits per heavy atom. The number of halogens is 2. The molecule has 0 fully saturated rings. The molecule has 1 aromatic carbocycles. The maximum Gasteiger partial charge on any atom is 0.253 e. The smallest absolute Gasteiger partial charge is 0.253 e. The Hall–Kier alpha value is -1.19. The predicted octanol–water partition coefficient (Wildman–Crippen LogP) is 3.49. The van der Waals surface area contributed by atoms with Crippen LogP contribution in [-0.2, 0) is 0 Å². The maximum absolute atomic E-state index is 12.1. The number of aromatic nitrogens is 1. The Balaban J connectivity index is 0.00000144. The van der Waals surface area contributed by atoms with Gasteiger partial charge < -0.3 is 9.88 Å². The average Bonchev–Trinajstić information content (AvgIpc) is 2.77. The number of hydrogen-bond donors (Lipinski definition) is 1. The third-order valence-corrected chi connectivity index (χ3v) is 2.85. The Morgan fingerprint density at radius 3 is 2.44 bits per heavy atom. The molecule has 3 nitrogen and oxygen atoms in total. The van der Waals surface area contributed by atoms with E-state index in [4.69, 9.17) is 0 Å². The largest absolute Gasteiger partial charge is 0.361 e. The van der Waals surface area contributed by atoms with E-state index in [0.29, 0.717) is 0 Å². The van der Waals surface area contributed by atoms with Gasteiger partial charge in [-0.05, 0) is 38.1 Å². The molecule has 0 aliphatic rings. The summed E-state index contributed by atoms with van der Waals surface area (Å²) in [4.78, 5) is 17.0. The molecule has 0 atom stereocenters. The summed E-state index contributed by atoms with van der Waals surface area (Å²) >= 11 is 0. The second-order valence-electron chi connectivity index (χ2n) is 3.76. The maximum atomic E-state index is 12.1. The van der Waals surface area contributed by atoms with Gasteiger partial charge >= 0.3 is 0 Å². The molecule has 0 spiro atoms. The van der Waals surface area contributed by atoms with Crippen LogP contribution in [0.15, 0.2) is 30.5 Å². The zero-order chi connectivity index (χ0) is 11.5. The number of rotatable bonds is 3. The Bertz CT molecular complexity index is 506. The number of amides is 1. The van der Waals surface area contributed by atoms with Gasteiger partial charge in [0.2, 0.25) is 0 Å². The van der Waals surface area contributed by atoms with Gasteiger partial charge in [-0.1, -0.05) is 0 Å². The molecular formula is C13H18Cl2N2O. The lowest BCUT2D eigenvalue weighted by Gasteiger charge is -2.18. The van der Waals surface area contributed by atoms with Crippen molar-refractivity contribution < 1.29 is 4.79 Å². The van der Waals surface area contributed by atoms with Crippen LogP contribution in [0, 0.1) is 0 Å². The number of nitrogens with one attached hydrogen (secondary N) is 1. The molecule has 1 N–H and O–H groups in total. The molecule has 0 saturated heterocycles. The van der Waals surface area contributed by atoms with Crippen LogP contribution >= 0.6 is 24.8 Å². The van der Waals surface area contributed by atoms with Crippen LogP contribution in [-0.4, -0.2) is 28.9 Å². The first-order valence-electron chi connectivity index (χ1n) is 5.62. The van der Waals surface area contributed by atoms with Crippen LogP contribution in [0.4, 0.5) is 0 Å². The van der Waals surface area contributed by atoms with Gasteiger partial charge in [0.15, 0.2) is 0 Å². The van der Waals surface area contributed by atoms with Crippen molar-refractivity contribution in [3.05, 3.63) is 36.0 Å². The van der Waals surface area contributed by atoms with Crippen molar-refractivity contribution in [3.8, 4) is 0 Å². The fourth-order valence-electron chi connectivity index (χ4n) is 1.88. The van der Waals surface area contributed by atoms with Crippen LogP contribution in [0.3, 0.4) is 0 Å². The minimum Gasteiger partial charge on any atom is -0.361 e. The summed E-state index contributed by atoms with van der Waals surface area (Å²) in [5, 5.41) is 1.08. The average molecular weight is 289 g/mol. The van der Waals surface area contributed by atoms with Crippen molar-refractivity contribution in [3.63, 3.8) is 0 Å². The van der Waals surface area contributed by atoms with Gasteiger partial charge in [0.1, 0.15) is 0 Å². The van der Waals surface area contributed by atoms with E-state index in [2.05, 4.69) is 4.98 Å². The van der Waals surface area contributed by atoms with E-state index >= 15 is 0 Å². The molecule has 0 aliphatic carbocycles. The van der Waals surface area contributed by atoms with E-state index in [0.717, 1.165) is 29.6 Å². The monoisotopic (exact) mass is 288 g/mol. The Kier molecular flexibility index (Phi) is 6.81. The number of H-pyrrole nitrogens is 1. The molecule has 1 aromatic heterocycles. The second kappa shape index (κ2) is 7.29. The molecule has 100 valence electrons. The zero-order valence-corrected chi connectivity index (χ0v) is 12.1. The van der Waals surface area contributed by atoms with Gasteiger partial charge in [-0.2, -0.15) is 0 Å². The lowest BCUT2D eigenvalue weighted by atomic mass is 10.1. The SMILES string of the molecule is CCN(CC)C(=O)c1ccc2[nH]ccc2c1.Cl.Cl. The standard InChI is InChI=1S/C13H16N2O.2ClH/c1-3-15(4-2)13(16)11-5-6-12-10(9-11)7-8-14-12;;/h5-9,14H,3-4H2,1-2H3;2*1H. The van der Waals surface area contributed by atoms with Gasteiger partial charge in [-0.15, -0.1) is 24.8 Å². The Morgan fingerprint density at radius 1 is 1.17 bits per heavy atom. The summed E-state index contributed by atoms with van der Waals surface area (Å²) < 4.78 is 0. The summed E-state index contributed by atoms with van der Waals surface area (Å²) in [6.45, 7) is 5.49. The zero-order valence-electron chi connectivity index (χ0n) is 10.5. The third-order valence-electron chi connectivity index (χ3n) is 2.85. The third kappa shape index (κ3) is 3.18. The molecule has 0 radical (unpaired) electrons. The molecule has 2 rings (SSSR count). The van der Waals surface area contributed by atoms with E-state index in [-0.39, 0.29) is 30.7 Å². The number of hydrogen-bond acceptors (Lipinski definition) is 1. The van der Waals surface area contributed by atoms with Gasteiger partial charge in [-0.25, -0.2) is 0 Å². The first-order valence-corrected chi connectivity index (χ1v) is 5.62. The minimum atomic E-state index is 0. The van der Waals surface area contributed by atoms with Crippen molar-refractivity contribution in [1.82, 2.24) is 9.88 Å². The van der Waals surface area contributed by atoms with Crippen molar-refractivity contribution in [1.29, 1.82) is 0 Å². The number of aromatic amines is 1. The van der Waals surface area contributed by atoms with Gasteiger partial charge in [0.25, 0.3) is 5.91 Å². The number of benzene rings is 1. The molecule has 0 aliphatic heterocycles. The van der Waals surface area contributed by atoms with E-state index in [1.807, 2.05) is 49.2 Å². The second-order valence-corrected chi connectivity index (χ2v) is 3.76. The molecule has 1 amide bonds. The molecule has 1 heterocycles. The Labute approximate surface area is 119 Å². The van der Waals surface area contributed by atoms with Gasteiger partial charge in [-0.3, -0.25) is 4.79 Å². The van der Waals surface area contributed by atoms with Crippen molar-refractivity contribution in [2.45, 2.75) is 13.8 Å². The highest BCUT2D eigenvalue weighted by molar-refractivity contribution is 5.98. The van der Waals surface area contributed by atoms with Crippen LogP contribution in [0.25, 0.3) is 10.9 Å². The molecule has 0 saturated carbocycles. The fourth-order valence-corrected chi connectivity index (χ4v) is 1.88. The van der Waals surface area contributed by atoms with Crippen LogP contribution in [0.1, 0.15) is 24.2 Å².